The number of allylic oxidation sites excluding steroid dienone is 6. The van der Waals surface area contributed by atoms with Crippen LogP contribution in [0.5, 0.6) is 0 Å². The van der Waals surface area contributed by atoms with Gasteiger partial charge in [0.1, 0.15) is 0 Å². The molecule has 0 spiro atoms. The Morgan fingerprint density at radius 1 is 0.970 bits per heavy atom. The number of rotatable bonds is 10. The number of nitrogens with one attached hydrogen (secondary N) is 1. The van der Waals surface area contributed by atoms with Gasteiger partial charge in [-0.3, -0.25) is 0 Å². The van der Waals surface area contributed by atoms with Crippen LogP contribution in [0.1, 0.15) is 117 Å². The van der Waals surface area contributed by atoms with Crippen LogP contribution in [0.2, 0.25) is 0 Å². The third-order valence-corrected chi connectivity index (χ3v) is 5.84. The molecule has 1 nitrogen and oxygen atoms in total. The van der Waals surface area contributed by atoms with E-state index in [-0.39, 0.29) is 0 Å². The maximum Gasteiger partial charge on any atom is 0.0258 e. The molecule has 0 bridgehead atoms. The zero-order valence-corrected chi connectivity index (χ0v) is 23.0. The van der Waals surface area contributed by atoms with Crippen molar-refractivity contribution in [3.8, 4) is 0 Å². The van der Waals surface area contributed by atoms with Crippen molar-refractivity contribution in [2.24, 2.45) is 0 Å². The Kier molecular flexibility index (Phi) is 18.3. The average Bonchev–Trinajstić information content (AvgIpc) is 2.82. The first-order valence-electron chi connectivity index (χ1n) is 13.5. The molecule has 1 saturated carbocycles. The van der Waals surface area contributed by atoms with Crippen LogP contribution in [0, 0.1) is 0 Å². The fraction of sp³-hybridized carbons (Fsp3) is 0.562. The Hall–Kier alpha value is -2.02. The lowest BCUT2D eigenvalue weighted by molar-refractivity contribution is 0.396. The van der Waals surface area contributed by atoms with Gasteiger partial charge in [0.05, 0.1) is 0 Å². The first-order valence-corrected chi connectivity index (χ1v) is 13.5. The molecule has 0 saturated heterocycles. The lowest BCUT2D eigenvalue weighted by Crippen LogP contribution is -2.30. The summed E-state index contributed by atoms with van der Waals surface area (Å²) in [7, 11) is 0. The van der Waals surface area contributed by atoms with Gasteiger partial charge in [-0.25, -0.2) is 0 Å². The van der Waals surface area contributed by atoms with E-state index in [9.17, 15) is 0 Å². The maximum absolute atomic E-state index is 4.47. The second kappa shape index (κ2) is 19.4. The molecule has 1 aliphatic carbocycles. The number of aryl methyl sites for hydroxylation is 1. The predicted molar refractivity (Wildman–Crippen MR) is 153 cm³/mol. The number of hydrogen-bond donors (Lipinski definition) is 1. The van der Waals surface area contributed by atoms with Gasteiger partial charge < -0.3 is 5.32 Å². The van der Waals surface area contributed by atoms with E-state index in [1.165, 1.54) is 92.2 Å². The van der Waals surface area contributed by atoms with Gasteiger partial charge in [-0.15, -0.1) is 0 Å². The number of hydrogen-bond acceptors (Lipinski definition) is 1. The minimum absolute atomic E-state index is 0.592. The molecular formula is C32H53N. The van der Waals surface area contributed by atoms with Crippen LogP contribution in [-0.2, 0) is 6.42 Å². The van der Waals surface area contributed by atoms with E-state index >= 15 is 0 Å². The largest absolute Gasteiger partial charge is 0.385 e. The highest BCUT2D eigenvalue weighted by Gasteiger charge is 2.17. The normalized spacial score (nSPS) is 14.7. The Labute approximate surface area is 207 Å². The van der Waals surface area contributed by atoms with E-state index in [2.05, 4.69) is 83.4 Å². The smallest absolute Gasteiger partial charge is 0.0258 e. The molecule has 33 heavy (non-hydrogen) atoms. The monoisotopic (exact) mass is 451 g/mol. The third kappa shape index (κ3) is 12.1. The van der Waals surface area contributed by atoms with Gasteiger partial charge in [0, 0.05) is 17.3 Å². The maximum atomic E-state index is 4.47. The van der Waals surface area contributed by atoms with Crippen LogP contribution in [0.25, 0.3) is 5.57 Å². The zero-order valence-electron chi connectivity index (χ0n) is 23.0. The second-order valence-corrected chi connectivity index (χ2v) is 8.90. The molecule has 2 rings (SSSR count). The van der Waals surface area contributed by atoms with Crippen LogP contribution in [0.3, 0.4) is 0 Å². The zero-order chi connectivity index (χ0) is 25.1. The minimum atomic E-state index is 0.592. The van der Waals surface area contributed by atoms with E-state index < -0.39 is 0 Å². The van der Waals surface area contributed by atoms with Gasteiger partial charge in [0.2, 0.25) is 0 Å². The molecule has 1 aromatic carbocycles. The van der Waals surface area contributed by atoms with Crippen LogP contribution < -0.4 is 5.32 Å². The predicted octanol–water partition coefficient (Wildman–Crippen LogP) is 10.2. The Morgan fingerprint density at radius 3 is 2.06 bits per heavy atom. The summed E-state index contributed by atoms with van der Waals surface area (Å²) in [6.45, 7) is 23.2. The van der Waals surface area contributed by atoms with Crippen LogP contribution in [0.15, 0.2) is 66.4 Å². The van der Waals surface area contributed by atoms with E-state index in [1.807, 2.05) is 19.9 Å². The Bertz CT molecular complexity index is 711. The van der Waals surface area contributed by atoms with Crippen LogP contribution in [0.4, 0.5) is 0 Å². The number of unbranched alkanes of at least 4 members (excludes halogenated alkanes) is 2. The van der Waals surface area contributed by atoms with Crippen molar-refractivity contribution in [2.75, 3.05) is 0 Å². The molecule has 1 heteroatoms. The van der Waals surface area contributed by atoms with Crippen molar-refractivity contribution in [1.82, 2.24) is 5.32 Å². The molecule has 0 unspecified atom stereocenters. The summed E-state index contributed by atoms with van der Waals surface area (Å²) in [6.07, 6.45) is 16.8. The van der Waals surface area contributed by atoms with E-state index in [0.717, 1.165) is 5.57 Å². The molecule has 0 radical (unpaired) electrons. The molecule has 0 atom stereocenters. The molecule has 0 amide bonds. The highest BCUT2D eigenvalue weighted by Crippen LogP contribution is 2.30. The van der Waals surface area contributed by atoms with Crippen molar-refractivity contribution < 1.29 is 0 Å². The molecule has 0 heterocycles. The van der Waals surface area contributed by atoms with Crippen LogP contribution >= 0.6 is 0 Å². The van der Waals surface area contributed by atoms with Crippen molar-refractivity contribution in [1.29, 1.82) is 0 Å². The van der Waals surface area contributed by atoms with Gasteiger partial charge in [0.25, 0.3) is 0 Å². The van der Waals surface area contributed by atoms with Gasteiger partial charge in [-0.2, -0.15) is 0 Å². The molecule has 1 fully saturated rings. The molecule has 1 aliphatic rings. The Morgan fingerprint density at radius 2 is 1.55 bits per heavy atom. The third-order valence-electron chi connectivity index (χ3n) is 5.84. The summed E-state index contributed by atoms with van der Waals surface area (Å²) in [4.78, 5) is 0. The molecule has 1 aromatic rings. The molecule has 1 N–H and O–H groups in total. The summed E-state index contributed by atoms with van der Waals surface area (Å²) in [5, 5.41) is 3.80. The van der Waals surface area contributed by atoms with Crippen molar-refractivity contribution in [3.05, 3.63) is 77.5 Å². The standard InChI is InChI=1S/C27H39N.C3H8.C2H6/c1-6-8-10-14-24-17-19-25(20-18-24)22(4)27(21(3)13-7-2)23(5)28-26-15-11-9-12-16-26;1-3-2;1-2/h7,13,17-20,26,28H,2,4,6,8-12,14-16H2,1,3,5H3;3H2,1-2H3;1-2H3/b21-13-,27-23-;;. The summed E-state index contributed by atoms with van der Waals surface area (Å²) in [6, 6.07) is 9.60. The molecule has 0 aliphatic heterocycles. The summed E-state index contributed by atoms with van der Waals surface area (Å²) in [5.41, 5.74) is 7.40. The van der Waals surface area contributed by atoms with Crippen LogP contribution in [-0.4, -0.2) is 6.04 Å². The fourth-order valence-corrected chi connectivity index (χ4v) is 4.24. The van der Waals surface area contributed by atoms with E-state index in [1.54, 1.807) is 0 Å². The summed E-state index contributed by atoms with van der Waals surface area (Å²) in [5.74, 6) is 0. The molecule has 186 valence electrons. The van der Waals surface area contributed by atoms with Gasteiger partial charge in [-0.1, -0.05) is 123 Å². The Balaban J connectivity index is 0.00000189. The molecular weight excluding hydrogens is 398 g/mol. The van der Waals surface area contributed by atoms with Crippen molar-refractivity contribution in [3.63, 3.8) is 0 Å². The van der Waals surface area contributed by atoms with E-state index in [4.69, 9.17) is 0 Å². The van der Waals surface area contributed by atoms with Gasteiger partial charge in [0.15, 0.2) is 0 Å². The second-order valence-electron chi connectivity index (χ2n) is 8.90. The quantitative estimate of drug-likeness (QED) is 0.275. The first-order chi connectivity index (χ1) is 16.0. The van der Waals surface area contributed by atoms with Gasteiger partial charge in [-0.05, 0) is 61.8 Å². The van der Waals surface area contributed by atoms with Crippen molar-refractivity contribution >= 4 is 5.57 Å². The lowest BCUT2D eigenvalue weighted by Gasteiger charge is -2.26. The van der Waals surface area contributed by atoms with Crippen molar-refractivity contribution in [2.45, 2.75) is 119 Å². The van der Waals surface area contributed by atoms with Gasteiger partial charge >= 0.3 is 0 Å². The highest BCUT2D eigenvalue weighted by molar-refractivity contribution is 5.82. The summed E-state index contributed by atoms with van der Waals surface area (Å²) < 4.78 is 0. The lowest BCUT2D eigenvalue weighted by atomic mass is 9.90. The number of benzene rings is 1. The highest BCUT2D eigenvalue weighted by atomic mass is 14.9. The average molecular weight is 452 g/mol. The fourth-order valence-electron chi connectivity index (χ4n) is 4.24. The summed E-state index contributed by atoms with van der Waals surface area (Å²) >= 11 is 0. The SMILES string of the molecule is C=C/C=C(C)\C(C(=C)c1ccc(CCCCC)cc1)=C(/C)NC1CCCCC1.CC.CCC. The molecule has 0 aromatic heterocycles. The van der Waals surface area contributed by atoms with E-state index in [0.29, 0.717) is 6.04 Å². The topological polar surface area (TPSA) is 12.0 Å². The minimum Gasteiger partial charge on any atom is -0.385 e. The first kappa shape index (κ1) is 31.0.